The first kappa shape index (κ1) is 11.0. The number of piperidine rings is 1. The third kappa shape index (κ3) is 2.18. The van der Waals surface area contributed by atoms with Crippen molar-refractivity contribution in [3.8, 4) is 0 Å². The van der Waals surface area contributed by atoms with Gasteiger partial charge in [0.05, 0.1) is 0 Å². The molecule has 2 rings (SSSR count). The predicted molar refractivity (Wildman–Crippen MR) is 61.9 cm³/mol. The van der Waals surface area contributed by atoms with Gasteiger partial charge in [0.25, 0.3) is 5.91 Å². The van der Waals surface area contributed by atoms with Crippen molar-refractivity contribution in [2.75, 3.05) is 18.8 Å². The van der Waals surface area contributed by atoms with Gasteiger partial charge in [-0.2, -0.15) is 5.10 Å². The minimum Gasteiger partial charge on any atom is -0.382 e. The van der Waals surface area contributed by atoms with Crippen LogP contribution >= 0.6 is 0 Å². The highest BCUT2D eigenvalue weighted by Gasteiger charge is 2.23. The van der Waals surface area contributed by atoms with Gasteiger partial charge in [0, 0.05) is 19.2 Å². The maximum atomic E-state index is 12.0. The molecule has 1 aromatic heterocycles. The topological polar surface area (TPSA) is 75.0 Å². The normalized spacial score (nSPS) is 17.7. The van der Waals surface area contributed by atoms with Crippen molar-refractivity contribution < 1.29 is 4.79 Å². The Labute approximate surface area is 95.0 Å². The smallest absolute Gasteiger partial charge is 0.271 e. The zero-order valence-corrected chi connectivity index (χ0v) is 9.57. The maximum absolute atomic E-state index is 12.0. The van der Waals surface area contributed by atoms with E-state index in [9.17, 15) is 4.79 Å². The van der Waals surface area contributed by atoms with E-state index < -0.39 is 0 Å². The lowest BCUT2D eigenvalue weighted by atomic mass is 9.94. The van der Waals surface area contributed by atoms with E-state index >= 15 is 0 Å². The maximum Gasteiger partial charge on any atom is 0.271 e. The molecular formula is C11H18N4O. The second kappa shape index (κ2) is 4.55. The molecule has 5 nitrogen and oxygen atoms in total. The zero-order valence-electron chi connectivity index (χ0n) is 9.57. The van der Waals surface area contributed by atoms with Crippen molar-refractivity contribution >= 4 is 11.7 Å². The molecule has 16 heavy (non-hydrogen) atoms. The van der Waals surface area contributed by atoms with Crippen molar-refractivity contribution in [1.29, 1.82) is 0 Å². The number of hydrogen-bond acceptors (Lipinski definition) is 3. The van der Waals surface area contributed by atoms with Crippen molar-refractivity contribution in [1.82, 2.24) is 15.1 Å². The zero-order chi connectivity index (χ0) is 11.5. The Hall–Kier alpha value is -1.52. The van der Waals surface area contributed by atoms with Crippen LogP contribution in [0.3, 0.4) is 0 Å². The van der Waals surface area contributed by atoms with E-state index in [0.717, 1.165) is 31.8 Å². The number of aromatic nitrogens is 2. The van der Waals surface area contributed by atoms with Gasteiger partial charge in [-0.3, -0.25) is 9.89 Å². The van der Waals surface area contributed by atoms with Crippen LogP contribution in [0.4, 0.5) is 5.82 Å². The molecule has 0 atom stereocenters. The summed E-state index contributed by atoms with van der Waals surface area (Å²) in [6, 6.07) is 1.59. The second-order valence-corrected chi connectivity index (χ2v) is 4.35. The summed E-state index contributed by atoms with van der Waals surface area (Å²) in [6.07, 6.45) is 3.41. The molecule has 0 saturated carbocycles. The highest BCUT2D eigenvalue weighted by Crippen LogP contribution is 2.21. The minimum absolute atomic E-state index is 0.0127. The van der Waals surface area contributed by atoms with Gasteiger partial charge >= 0.3 is 0 Å². The van der Waals surface area contributed by atoms with Crippen LogP contribution in [0.15, 0.2) is 6.07 Å². The lowest BCUT2D eigenvalue weighted by Crippen LogP contribution is -2.38. The van der Waals surface area contributed by atoms with Crippen molar-refractivity contribution in [3.63, 3.8) is 0 Å². The highest BCUT2D eigenvalue weighted by atomic mass is 16.2. The van der Waals surface area contributed by atoms with E-state index in [-0.39, 0.29) is 5.91 Å². The largest absolute Gasteiger partial charge is 0.382 e. The molecule has 0 spiro atoms. The Kier molecular flexibility index (Phi) is 3.12. The SMILES string of the molecule is CCC1CCN(C(=O)c2cc(N)n[nH]2)CC1. The predicted octanol–water partition coefficient (Wildman–Crippen LogP) is 1.25. The Bertz CT molecular complexity index is 366. The monoisotopic (exact) mass is 222 g/mol. The van der Waals surface area contributed by atoms with Gasteiger partial charge < -0.3 is 10.6 Å². The van der Waals surface area contributed by atoms with E-state index in [2.05, 4.69) is 17.1 Å². The average Bonchev–Trinajstić information content (AvgIpc) is 2.75. The van der Waals surface area contributed by atoms with Gasteiger partial charge in [0.15, 0.2) is 0 Å². The van der Waals surface area contributed by atoms with Gasteiger partial charge in [-0.15, -0.1) is 0 Å². The molecule has 1 amide bonds. The summed E-state index contributed by atoms with van der Waals surface area (Å²) in [5, 5.41) is 6.43. The Morgan fingerprint density at radius 2 is 2.31 bits per heavy atom. The number of rotatable bonds is 2. The number of hydrogen-bond donors (Lipinski definition) is 2. The van der Waals surface area contributed by atoms with Gasteiger partial charge in [-0.1, -0.05) is 13.3 Å². The molecular weight excluding hydrogens is 204 g/mol. The molecule has 88 valence electrons. The van der Waals surface area contributed by atoms with E-state index in [4.69, 9.17) is 5.73 Å². The Balaban J connectivity index is 1.96. The number of nitrogens with zero attached hydrogens (tertiary/aromatic N) is 2. The van der Waals surface area contributed by atoms with Crippen LogP contribution in [0.1, 0.15) is 36.7 Å². The van der Waals surface area contributed by atoms with Crippen LogP contribution in [-0.4, -0.2) is 34.1 Å². The first-order valence-electron chi connectivity index (χ1n) is 5.81. The fraction of sp³-hybridized carbons (Fsp3) is 0.636. The van der Waals surface area contributed by atoms with Gasteiger partial charge in [-0.05, 0) is 18.8 Å². The second-order valence-electron chi connectivity index (χ2n) is 4.35. The number of anilines is 1. The summed E-state index contributed by atoms with van der Waals surface area (Å²) in [5.41, 5.74) is 5.97. The van der Waals surface area contributed by atoms with E-state index in [0.29, 0.717) is 11.5 Å². The summed E-state index contributed by atoms with van der Waals surface area (Å²) in [5.74, 6) is 1.15. The lowest BCUT2D eigenvalue weighted by Gasteiger charge is -2.31. The lowest BCUT2D eigenvalue weighted by molar-refractivity contribution is 0.0683. The molecule has 0 aromatic carbocycles. The third-order valence-corrected chi connectivity index (χ3v) is 3.31. The fourth-order valence-electron chi connectivity index (χ4n) is 2.16. The van der Waals surface area contributed by atoms with Crippen LogP contribution in [0.2, 0.25) is 0 Å². The molecule has 1 aromatic rings. The van der Waals surface area contributed by atoms with E-state index in [1.54, 1.807) is 6.07 Å². The molecule has 5 heteroatoms. The Morgan fingerprint density at radius 1 is 1.62 bits per heavy atom. The summed E-state index contributed by atoms with van der Waals surface area (Å²) < 4.78 is 0. The van der Waals surface area contributed by atoms with Crippen LogP contribution in [0, 0.1) is 5.92 Å². The molecule has 2 heterocycles. The summed E-state index contributed by atoms with van der Waals surface area (Å²) in [7, 11) is 0. The summed E-state index contributed by atoms with van der Waals surface area (Å²) in [6.45, 7) is 3.89. The molecule has 3 N–H and O–H groups in total. The van der Waals surface area contributed by atoms with Crippen molar-refractivity contribution in [2.45, 2.75) is 26.2 Å². The van der Waals surface area contributed by atoms with Gasteiger partial charge in [-0.25, -0.2) is 0 Å². The van der Waals surface area contributed by atoms with Gasteiger partial charge in [0.2, 0.25) is 0 Å². The first-order valence-corrected chi connectivity index (χ1v) is 5.81. The molecule has 0 radical (unpaired) electrons. The first-order chi connectivity index (χ1) is 7.70. The van der Waals surface area contributed by atoms with Crippen LogP contribution in [-0.2, 0) is 0 Å². The number of aromatic amines is 1. The number of nitrogen functional groups attached to an aromatic ring is 1. The molecule has 0 aliphatic carbocycles. The van der Waals surface area contributed by atoms with Gasteiger partial charge in [0.1, 0.15) is 11.5 Å². The number of nitrogens with two attached hydrogens (primary N) is 1. The van der Waals surface area contributed by atoms with Crippen molar-refractivity contribution in [2.24, 2.45) is 5.92 Å². The summed E-state index contributed by atoms with van der Waals surface area (Å²) in [4.78, 5) is 13.9. The standard InChI is InChI=1S/C11H18N4O/c1-2-8-3-5-15(6-4-8)11(16)9-7-10(12)14-13-9/h7-8H,2-6H2,1H3,(H3,12,13,14). The van der Waals surface area contributed by atoms with E-state index in [1.807, 2.05) is 4.90 Å². The molecule has 1 aliphatic heterocycles. The number of H-pyrrole nitrogens is 1. The number of likely N-dealkylation sites (tertiary alicyclic amines) is 1. The van der Waals surface area contributed by atoms with Crippen LogP contribution < -0.4 is 5.73 Å². The molecule has 0 bridgehead atoms. The minimum atomic E-state index is 0.0127. The number of carbonyl (C=O) groups excluding carboxylic acids is 1. The number of nitrogens with one attached hydrogen (secondary N) is 1. The summed E-state index contributed by atoms with van der Waals surface area (Å²) >= 11 is 0. The Morgan fingerprint density at radius 3 is 2.81 bits per heavy atom. The molecule has 1 aliphatic rings. The van der Waals surface area contributed by atoms with Crippen LogP contribution in [0.5, 0.6) is 0 Å². The molecule has 0 unspecified atom stereocenters. The highest BCUT2D eigenvalue weighted by molar-refractivity contribution is 5.93. The third-order valence-electron chi connectivity index (χ3n) is 3.31. The quantitative estimate of drug-likeness (QED) is 0.790. The number of carbonyl (C=O) groups is 1. The molecule has 1 saturated heterocycles. The van der Waals surface area contributed by atoms with E-state index in [1.165, 1.54) is 6.42 Å². The fourth-order valence-corrected chi connectivity index (χ4v) is 2.16. The molecule has 1 fully saturated rings. The average molecular weight is 222 g/mol. The van der Waals surface area contributed by atoms with Crippen molar-refractivity contribution in [3.05, 3.63) is 11.8 Å². The number of amides is 1. The van der Waals surface area contributed by atoms with Crippen LogP contribution in [0.25, 0.3) is 0 Å².